The SMILES string of the molecule is CCCCC1=C2C(=C(C)C(=O)[C@@H]2c2ccccc2)COCC1. The van der Waals surface area contributed by atoms with Gasteiger partial charge in [0, 0.05) is 0 Å². The summed E-state index contributed by atoms with van der Waals surface area (Å²) in [5, 5.41) is 0. The fourth-order valence-electron chi connectivity index (χ4n) is 3.59. The van der Waals surface area contributed by atoms with Crippen LogP contribution in [0.3, 0.4) is 0 Å². The number of carbonyl (C=O) groups is 1. The van der Waals surface area contributed by atoms with Crippen LogP contribution in [-0.4, -0.2) is 19.0 Å². The molecule has 0 spiro atoms. The third-order valence-corrected chi connectivity index (χ3v) is 4.84. The normalized spacial score (nSPS) is 22.1. The number of ether oxygens (including phenoxy) is 1. The number of benzene rings is 1. The molecule has 0 N–H and O–H groups in total. The van der Waals surface area contributed by atoms with E-state index in [0.717, 1.165) is 36.2 Å². The summed E-state index contributed by atoms with van der Waals surface area (Å²) in [6.07, 6.45) is 4.41. The zero-order valence-corrected chi connectivity index (χ0v) is 13.5. The minimum atomic E-state index is -0.107. The van der Waals surface area contributed by atoms with Gasteiger partial charge in [-0.05, 0) is 48.5 Å². The standard InChI is InChI=1S/C20H24O2/c1-3-4-8-16-11-12-22-13-17-14(2)20(21)19(18(16)17)15-9-6-5-7-10-15/h5-7,9-10,19H,3-4,8,11-13H2,1-2H3/t19-/m1/s1. The molecule has 0 amide bonds. The van der Waals surface area contributed by atoms with Crippen LogP contribution in [0.5, 0.6) is 0 Å². The number of ketones is 1. The molecule has 1 atom stereocenters. The molecular weight excluding hydrogens is 272 g/mol. The largest absolute Gasteiger partial charge is 0.376 e. The Balaban J connectivity index is 2.10. The molecule has 1 aliphatic heterocycles. The lowest BCUT2D eigenvalue weighted by Gasteiger charge is -2.17. The fourth-order valence-corrected chi connectivity index (χ4v) is 3.59. The van der Waals surface area contributed by atoms with Crippen LogP contribution in [0.2, 0.25) is 0 Å². The molecule has 1 aromatic carbocycles. The number of hydrogen-bond donors (Lipinski definition) is 0. The van der Waals surface area contributed by atoms with Crippen molar-refractivity contribution in [1.82, 2.24) is 0 Å². The van der Waals surface area contributed by atoms with Gasteiger partial charge in [-0.25, -0.2) is 0 Å². The van der Waals surface area contributed by atoms with E-state index in [9.17, 15) is 4.79 Å². The van der Waals surface area contributed by atoms with Crippen molar-refractivity contribution in [3.05, 3.63) is 58.2 Å². The van der Waals surface area contributed by atoms with Crippen molar-refractivity contribution in [2.45, 2.75) is 45.4 Å². The number of Topliss-reactive ketones (excluding diaryl/α,β-unsaturated/α-hetero) is 1. The zero-order valence-electron chi connectivity index (χ0n) is 13.5. The maximum Gasteiger partial charge on any atom is 0.170 e. The van der Waals surface area contributed by atoms with Crippen molar-refractivity contribution in [1.29, 1.82) is 0 Å². The third kappa shape index (κ3) is 2.68. The van der Waals surface area contributed by atoms with Gasteiger partial charge in [-0.15, -0.1) is 0 Å². The van der Waals surface area contributed by atoms with E-state index in [1.165, 1.54) is 24.0 Å². The smallest absolute Gasteiger partial charge is 0.170 e. The molecular formula is C20H24O2. The molecule has 1 aliphatic carbocycles. The van der Waals surface area contributed by atoms with E-state index in [-0.39, 0.29) is 11.7 Å². The van der Waals surface area contributed by atoms with E-state index in [4.69, 9.17) is 4.74 Å². The van der Waals surface area contributed by atoms with Gasteiger partial charge in [0.1, 0.15) is 0 Å². The number of rotatable bonds is 4. The summed E-state index contributed by atoms with van der Waals surface area (Å²) in [4.78, 5) is 12.9. The maximum atomic E-state index is 12.9. The summed E-state index contributed by atoms with van der Waals surface area (Å²) in [5.74, 6) is 0.153. The summed E-state index contributed by atoms with van der Waals surface area (Å²) >= 11 is 0. The van der Waals surface area contributed by atoms with Crippen molar-refractivity contribution >= 4 is 5.78 Å². The molecule has 3 rings (SSSR count). The van der Waals surface area contributed by atoms with E-state index < -0.39 is 0 Å². The molecule has 2 nitrogen and oxygen atoms in total. The van der Waals surface area contributed by atoms with Gasteiger partial charge in [0.25, 0.3) is 0 Å². The zero-order chi connectivity index (χ0) is 15.5. The first-order valence-corrected chi connectivity index (χ1v) is 8.33. The van der Waals surface area contributed by atoms with Gasteiger partial charge in [0.2, 0.25) is 0 Å². The number of unbranched alkanes of at least 4 members (excludes halogenated alkanes) is 1. The van der Waals surface area contributed by atoms with E-state index in [0.29, 0.717) is 6.61 Å². The van der Waals surface area contributed by atoms with Gasteiger partial charge in [-0.3, -0.25) is 4.79 Å². The lowest BCUT2D eigenvalue weighted by molar-refractivity contribution is -0.115. The van der Waals surface area contributed by atoms with Gasteiger partial charge in [0.05, 0.1) is 19.1 Å². The number of allylic oxidation sites excluding steroid dienone is 1. The van der Waals surface area contributed by atoms with Gasteiger partial charge < -0.3 is 4.74 Å². The Morgan fingerprint density at radius 2 is 2.00 bits per heavy atom. The van der Waals surface area contributed by atoms with E-state index >= 15 is 0 Å². The van der Waals surface area contributed by atoms with Crippen LogP contribution >= 0.6 is 0 Å². The molecule has 0 saturated heterocycles. The average Bonchev–Trinajstić information content (AvgIpc) is 2.69. The Bertz CT molecular complexity index is 622. The lowest BCUT2D eigenvalue weighted by Crippen LogP contribution is -2.11. The molecule has 0 unspecified atom stereocenters. The topological polar surface area (TPSA) is 26.3 Å². The summed E-state index contributed by atoms with van der Waals surface area (Å²) < 4.78 is 5.77. The summed E-state index contributed by atoms with van der Waals surface area (Å²) in [7, 11) is 0. The van der Waals surface area contributed by atoms with Crippen LogP contribution < -0.4 is 0 Å². The van der Waals surface area contributed by atoms with Crippen molar-refractivity contribution in [2.75, 3.05) is 13.2 Å². The van der Waals surface area contributed by atoms with E-state index in [2.05, 4.69) is 19.1 Å². The van der Waals surface area contributed by atoms with Crippen LogP contribution in [-0.2, 0) is 9.53 Å². The molecule has 116 valence electrons. The lowest BCUT2D eigenvalue weighted by atomic mass is 9.85. The Labute approximate surface area is 132 Å². The molecule has 1 heterocycles. The maximum absolute atomic E-state index is 12.9. The first-order valence-electron chi connectivity index (χ1n) is 8.33. The third-order valence-electron chi connectivity index (χ3n) is 4.84. The molecule has 1 aromatic rings. The molecule has 2 heteroatoms. The van der Waals surface area contributed by atoms with Crippen LogP contribution in [0.25, 0.3) is 0 Å². The molecule has 2 aliphatic rings. The van der Waals surface area contributed by atoms with Crippen molar-refractivity contribution in [3.8, 4) is 0 Å². The summed E-state index contributed by atoms with van der Waals surface area (Å²) in [5.41, 5.74) is 5.89. The molecule has 0 bridgehead atoms. The second-order valence-corrected chi connectivity index (χ2v) is 6.23. The molecule has 0 saturated carbocycles. The number of hydrogen-bond acceptors (Lipinski definition) is 2. The number of carbonyl (C=O) groups excluding carboxylic acids is 1. The Morgan fingerprint density at radius 3 is 2.73 bits per heavy atom. The summed E-state index contributed by atoms with van der Waals surface area (Å²) in [6, 6.07) is 10.2. The van der Waals surface area contributed by atoms with Crippen LogP contribution in [0.4, 0.5) is 0 Å². The van der Waals surface area contributed by atoms with Crippen LogP contribution in [0.1, 0.15) is 51.0 Å². The quantitative estimate of drug-likeness (QED) is 0.813. The molecule has 22 heavy (non-hydrogen) atoms. The van der Waals surface area contributed by atoms with Gasteiger partial charge in [-0.2, -0.15) is 0 Å². The Morgan fingerprint density at radius 1 is 1.23 bits per heavy atom. The number of fused-ring (bicyclic) bond motifs is 1. The highest BCUT2D eigenvalue weighted by Crippen LogP contribution is 2.44. The monoisotopic (exact) mass is 296 g/mol. The second-order valence-electron chi connectivity index (χ2n) is 6.23. The predicted molar refractivity (Wildman–Crippen MR) is 88.9 cm³/mol. The highest BCUT2D eigenvalue weighted by molar-refractivity contribution is 6.08. The fraction of sp³-hybridized carbons (Fsp3) is 0.450. The molecule has 0 fully saturated rings. The highest BCUT2D eigenvalue weighted by atomic mass is 16.5. The predicted octanol–water partition coefficient (Wildman–Crippen LogP) is 4.58. The van der Waals surface area contributed by atoms with Gasteiger partial charge in [0.15, 0.2) is 5.78 Å². The highest BCUT2D eigenvalue weighted by Gasteiger charge is 2.38. The van der Waals surface area contributed by atoms with Crippen LogP contribution in [0.15, 0.2) is 52.6 Å². The Hall–Kier alpha value is -1.67. The average molecular weight is 296 g/mol. The minimum absolute atomic E-state index is 0.107. The molecule has 0 aromatic heterocycles. The van der Waals surface area contributed by atoms with Crippen molar-refractivity contribution in [3.63, 3.8) is 0 Å². The second kappa shape index (κ2) is 6.62. The first kappa shape index (κ1) is 15.2. The van der Waals surface area contributed by atoms with Gasteiger partial charge in [-0.1, -0.05) is 49.2 Å². The summed E-state index contributed by atoms with van der Waals surface area (Å²) in [6.45, 7) is 5.54. The minimum Gasteiger partial charge on any atom is -0.376 e. The van der Waals surface area contributed by atoms with Crippen molar-refractivity contribution < 1.29 is 9.53 Å². The Kier molecular flexibility index (Phi) is 4.58. The molecule has 0 radical (unpaired) electrons. The van der Waals surface area contributed by atoms with Gasteiger partial charge >= 0.3 is 0 Å². The first-order chi connectivity index (χ1) is 10.7. The van der Waals surface area contributed by atoms with E-state index in [1.54, 1.807) is 0 Å². The van der Waals surface area contributed by atoms with E-state index in [1.807, 2.05) is 25.1 Å². The van der Waals surface area contributed by atoms with Crippen LogP contribution in [0, 0.1) is 0 Å². The van der Waals surface area contributed by atoms with Crippen molar-refractivity contribution in [2.24, 2.45) is 0 Å².